The quantitative estimate of drug-likeness (QED) is 0.931. The number of hydrogen-bond acceptors (Lipinski definition) is 4. The Hall–Kier alpha value is -1.31. The van der Waals surface area contributed by atoms with Crippen molar-refractivity contribution in [3.8, 4) is 0 Å². The maximum atomic E-state index is 13.0. The lowest BCUT2D eigenvalue weighted by Gasteiger charge is -2.27. The van der Waals surface area contributed by atoms with Gasteiger partial charge in [-0.3, -0.25) is 4.79 Å². The number of aromatic nitrogens is 1. The number of rotatable bonds is 3. The van der Waals surface area contributed by atoms with Gasteiger partial charge in [0.05, 0.1) is 5.69 Å². The van der Waals surface area contributed by atoms with Gasteiger partial charge in [0.25, 0.3) is 0 Å². The summed E-state index contributed by atoms with van der Waals surface area (Å²) in [6.45, 7) is 1.39. The van der Waals surface area contributed by atoms with E-state index in [-0.39, 0.29) is 6.54 Å². The van der Waals surface area contributed by atoms with Gasteiger partial charge in [-0.1, -0.05) is 6.92 Å². The lowest BCUT2D eigenvalue weighted by Crippen LogP contribution is -2.47. The zero-order chi connectivity index (χ0) is 14.3. The summed E-state index contributed by atoms with van der Waals surface area (Å²) in [6.07, 6.45) is -4.49. The van der Waals surface area contributed by atoms with Crippen LogP contribution in [0.4, 0.5) is 18.3 Å². The fourth-order valence-electron chi connectivity index (χ4n) is 2.10. The Morgan fingerprint density at radius 2 is 2.32 bits per heavy atom. The third kappa shape index (κ3) is 2.29. The van der Waals surface area contributed by atoms with E-state index in [1.165, 1.54) is 16.2 Å². The van der Waals surface area contributed by atoms with E-state index in [9.17, 15) is 18.0 Å². The third-order valence-electron chi connectivity index (χ3n) is 3.39. The van der Waals surface area contributed by atoms with Crippen LogP contribution in [0.1, 0.15) is 19.0 Å². The van der Waals surface area contributed by atoms with Crippen LogP contribution in [0.25, 0.3) is 0 Å². The van der Waals surface area contributed by atoms with Crippen LogP contribution in [0.5, 0.6) is 0 Å². The first-order chi connectivity index (χ1) is 8.80. The zero-order valence-corrected chi connectivity index (χ0v) is 11.0. The number of hydrogen-bond donors (Lipinski definition) is 1. The summed E-state index contributed by atoms with van der Waals surface area (Å²) >= 11 is 1.25. The normalized spacial score (nSPS) is 23.9. The number of anilines is 1. The Morgan fingerprint density at radius 1 is 1.63 bits per heavy atom. The number of carbonyl (C=O) groups is 1. The molecule has 1 atom stereocenters. The van der Waals surface area contributed by atoms with Crippen molar-refractivity contribution in [2.45, 2.75) is 25.9 Å². The molecule has 4 nitrogen and oxygen atoms in total. The number of aryl methyl sites for hydroxylation is 1. The van der Waals surface area contributed by atoms with Crippen LogP contribution in [0, 0.1) is 5.41 Å². The Labute approximate surface area is 111 Å². The lowest BCUT2D eigenvalue weighted by atomic mass is 9.86. The average molecular weight is 294 g/mol. The highest BCUT2D eigenvalue weighted by Gasteiger charge is 2.63. The van der Waals surface area contributed by atoms with Crippen molar-refractivity contribution in [3.63, 3.8) is 0 Å². The van der Waals surface area contributed by atoms with Gasteiger partial charge in [0.15, 0.2) is 10.5 Å². The predicted molar refractivity (Wildman–Crippen MR) is 64.4 cm³/mol. The highest BCUT2D eigenvalue weighted by molar-refractivity contribution is 7.13. The van der Waals surface area contributed by atoms with Crippen molar-refractivity contribution in [1.29, 1.82) is 0 Å². The van der Waals surface area contributed by atoms with Gasteiger partial charge in [-0.15, -0.1) is 11.3 Å². The van der Waals surface area contributed by atoms with Gasteiger partial charge in [-0.05, 0) is 12.8 Å². The smallest absolute Gasteiger partial charge is 0.406 e. The SMILES string of the molecule is CCc1csc(N2CCC(C(=O)O)(C(F)(F)F)C2)n1. The second kappa shape index (κ2) is 4.66. The number of carboxylic acid groups (broad SMARTS) is 1. The predicted octanol–water partition coefficient (Wildman–Crippen LogP) is 2.55. The topological polar surface area (TPSA) is 53.4 Å². The Kier molecular flexibility index (Phi) is 3.46. The van der Waals surface area contributed by atoms with E-state index in [1.54, 1.807) is 5.38 Å². The fraction of sp³-hybridized carbons (Fsp3) is 0.636. The largest absolute Gasteiger partial charge is 0.481 e. The standard InChI is InChI=1S/C11H13F3N2O2S/c1-2-7-5-19-9(15-7)16-4-3-10(6-16,8(17)18)11(12,13)14/h5H,2-4,6H2,1H3,(H,17,18). The molecule has 1 aromatic rings. The van der Waals surface area contributed by atoms with E-state index >= 15 is 0 Å². The number of halogens is 3. The van der Waals surface area contributed by atoms with Crippen molar-refractivity contribution in [2.24, 2.45) is 5.41 Å². The van der Waals surface area contributed by atoms with Crippen molar-refractivity contribution < 1.29 is 23.1 Å². The third-order valence-corrected chi connectivity index (χ3v) is 4.34. The second-order valence-corrected chi connectivity index (χ2v) is 5.37. The number of thiazole rings is 1. The fourth-order valence-corrected chi connectivity index (χ4v) is 3.04. The maximum absolute atomic E-state index is 13.0. The molecule has 1 aliphatic rings. The minimum absolute atomic E-state index is 0.0580. The Bertz CT molecular complexity index is 489. The van der Waals surface area contributed by atoms with Crippen LogP contribution >= 0.6 is 11.3 Å². The molecule has 2 heterocycles. The first-order valence-electron chi connectivity index (χ1n) is 5.79. The van der Waals surface area contributed by atoms with Gasteiger partial charge in [0.2, 0.25) is 0 Å². The molecule has 0 aliphatic carbocycles. The molecule has 0 spiro atoms. The number of alkyl halides is 3. The first kappa shape index (κ1) is 14.1. The van der Waals surface area contributed by atoms with E-state index in [2.05, 4.69) is 4.98 Å². The molecular formula is C11H13F3N2O2S. The maximum Gasteiger partial charge on any atom is 0.406 e. The molecule has 1 unspecified atom stereocenters. The van der Waals surface area contributed by atoms with E-state index in [1.807, 2.05) is 6.92 Å². The summed E-state index contributed by atoms with van der Waals surface area (Å²) in [5, 5.41) is 11.2. The van der Waals surface area contributed by atoms with Crippen LogP contribution in [-0.4, -0.2) is 35.3 Å². The van der Waals surface area contributed by atoms with Gasteiger partial charge in [-0.2, -0.15) is 13.2 Å². The molecular weight excluding hydrogens is 281 g/mol. The molecule has 1 aliphatic heterocycles. The van der Waals surface area contributed by atoms with Gasteiger partial charge >= 0.3 is 12.1 Å². The average Bonchev–Trinajstić information content (AvgIpc) is 2.95. The summed E-state index contributed by atoms with van der Waals surface area (Å²) in [6, 6.07) is 0. The summed E-state index contributed by atoms with van der Waals surface area (Å²) in [5.74, 6) is -1.81. The van der Waals surface area contributed by atoms with Crippen molar-refractivity contribution in [1.82, 2.24) is 4.98 Å². The molecule has 0 aromatic carbocycles. The molecule has 2 rings (SSSR count). The molecule has 1 fully saturated rings. The van der Waals surface area contributed by atoms with Crippen LogP contribution in [0.15, 0.2) is 5.38 Å². The van der Waals surface area contributed by atoms with E-state index in [0.29, 0.717) is 11.6 Å². The highest BCUT2D eigenvalue weighted by atomic mass is 32.1. The van der Waals surface area contributed by atoms with Crippen LogP contribution in [0.2, 0.25) is 0 Å². The van der Waals surface area contributed by atoms with Crippen LogP contribution < -0.4 is 4.90 Å². The van der Waals surface area contributed by atoms with E-state index in [4.69, 9.17) is 5.11 Å². The first-order valence-corrected chi connectivity index (χ1v) is 6.67. The molecule has 1 saturated heterocycles. The van der Waals surface area contributed by atoms with Crippen LogP contribution in [0.3, 0.4) is 0 Å². The summed E-state index contributed by atoms with van der Waals surface area (Å²) < 4.78 is 39.0. The second-order valence-electron chi connectivity index (χ2n) is 4.53. The molecule has 1 aromatic heterocycles. The van der Waals surface area contributed by atoms with Crippen molar-refractivity contribution in [3.05, 3.63) is 11.1 Å². The molecule has 0 amide bonds. The Balaban J connectivity index is 2.24. The van der Waals surface area contributed by atoms with Crippen molar-refractivity contribution in [2.75, 3.05) is 18.0 Å². The van der Waals surface area contributed by atoms with Crippen LogP contribution in [-0.2, 0) is 11.2 Å². The molecule has 106 valence electrons. The van der Waals surface area contributed by atoms with Crippen molar-refractivity contribution >= 4 is 22.4 Å². The van der Waals surface area contributed by atoms with Gasteiger partial charge in [-0.25, -0.2) is 4.98 Å². The highest BCUT2D eigenvalue weighted by Crippen LogP contribution is 2.47. The zero-order valence-electron chi connectivity index (χ0n) is 10.2. The monoisotopic (exact) mass is 294 g/mol. The van der Waals surface area contributed by atoms with E-state index in [0.717, 1.165) is 5.69 Å². The summed E-state index contributed by atoms with van der Waals surface area (Å²) in [7, 11) is 0. The molecule has 0 bridgehead atoms. The molecule has 0 radical (unpaired) electrons. The molecule has 0 saturated carbocycles. The summed E-state index contributed by atoms with van der Waals surface area (Å²) in [5.41, 5.74) is -1.87. The molecule has 19 heavy (non-hydrogen) atoms. The van der Waals surface area contributed by atoms with Gasteiger partial charge in [0.1, 0.15) is 0 Å². The number of carboxylic acids is 1. The van der Waals surface area contributed by atoms with Gasteiger partial charge < -0.3 is 10.0 Å². The lowest BCUT2D eigenvalue weighted by molar-refractivity contribution is -0.225. The molecule has 8 heteroatoms. The number of aliphatic carboxylic acids is 1. The molecule has 1 N–H and O–H groups in total. The number of nitrogens with zero attached hydrogens (tertiary/aromatic N) is 2. The summed E-state index contributed by atoms with van der Waals surface area (Å²) in [4.78, 5) is 16.7. The van der Waals surface area contributed by atoms with E-state index < -0.39 is 30.5 Å². The Morgan fingerprint density at radius 3 is 2.74 bits per heavy atom. The minimum Gasteiger partial charge on any atom is -0.481 e. The minimum atomic E-state index is -4.75. The van der Waals surface area contributed by atoms with Gasteiger partial charge in [0, 0.05) is 18.5 Å².